The minimum Gasteiger partial charge on any atom is -0.371 e. The summed E-state index contributed by atoms with van der Waals surface area (Å²) in [6, 6.07) is 16.7. The lowest BCUT2D eigenvalue weighted by Crippen LogP contribution is -2.44. The molecule has 0 unspecified atom stereocenters. The first-order chi connectivity index (χ1) is 13.6. The average Bonchev–Trinajstić information content (AvgIpc) is 3.53. The van der Waals surface area contributed by atoms with Gasteiger partial charge in [0.1, 0.15) is 6.17 Å². The SMILES string of the molecule is CCN(CCC#N)c1ccc([C@@H]2Nc3ccccc3C(=O)N2C2CC2)c(C)c1. The quantitative estimate of drug-likeness (QED) is 0.811. The molecular formula is C23H26N4O. The molecule has 2 aliphatic rings. The van der Waals surface area contributed by atoms with Crippen LogP contribution in [0.3, 0.4) is 0 Å². The second kappa shape index (κ2) is 7.55. The average molecular weight is 374 g/mol. The fraction of sp³-hybridized carbons (Fsp3) is 0.391. The van der Waals surface area contributed by atoms with Gasteiger partial charge in [-0.2, -0.15) is 5.26 Å². The topological polar surface area (TPSA) is 59.4 Å². The van der Waals surface area contributed by atoms with Crippen LogP contribution in [-0.4, -0.2) is 29.9 Å². The number of fused-ring (bicyclic) bond motifs is 1. The summed E-state index contributed by atoms with van der Waals surface area (Å²) >= 11 is 0. The van der Waals surface area contributed by atoms with Gasteiger partial charge in [0.2, 0.25) is 0 Å². The molecule has 5 heteroatoms. The van der Waals surface area contributed by atoms with Crippen molar-refractivity contribution in [3.63, 3.8) is 0 Å². The van der Waals surface area contributed by atoms with Gasteiger partial charge in [0.25, 0.3) is 5.91 Å². The maximum Gasteiger partial charge on any atom is 0.258 e. The predicted octanol–water partition coefficient (Wildman–Crippen LogP) is 4.46. The fourth-order valence-electron chi connectivity index (χ4n) is 4.04. The van der Waals surface area contributed by atoms with Gasteiger partial charge in [0.05, 0.1) is 18.1 Å². The molecule has 4 rings (SSSR count). The number of nitriles is 1. The monoisotopic (exact) mass is 374 g/mol. The van der Waals surface area contributed by atoms with Crippen LogP contribution < -0.4 is 10.2 Å². The fourth-order valence-corrected chi connectivity index (χ4v) is 4.04. The number of nitrogens with zero attached hydrogens (tertiary/aromatic N) is 3. The summed E-state index contributed by atoms with van der Waals surface area (Å²) in [7, 11) is 0. The van der Waals surface area contributed by atoms with Crippen molar-refractivity contribution in [2.24, 2.45) is 0 Å². The second-order valence-corrected chi connectivity index (χ2v) is 7.56. The Bertz CT molecular complexity index is 928. The highest BCUT2D eigenvalue weighted by Crippen LogP contribution is 2.41. The van der Waals surface area contributed by atoms with Gasteiger partial charge in [-0.3, -0.25) is 4.79 Å². The first kappa shape index (κ1) is 18.4. The normalized spacial score (nSPS) is 18.2. The van der Waals surface area contributed by atoms with Crippen LogP contribution in [0.25, 0.3) is 0 Å². The van der Waals surface area contributed by atoms with E-state index in [1.807, 2.05) is 29.2 Å². The van der Waals surface area contributed by atoms with Crippen molar-refractivity contribution in [1.29, 1.82) is 5.26 Å². The number of anilines is 2. The predicted molar refractivity (Wildman–Crippen MR) is 111 cm³/mol. The smallest absolute Gasteiger partial charge is 0.258 e. The Morgan fingerprint density at radius 2 is 2.04 bits per heavy atom. The Morgan fingerprint density at radius 1 is 1.25 bits per heavy atom. The van der Waals surface area contributed by atoms with E-state index < -0.39 is 0 Å². The van der Waals surface area contributed by atoms with Gasteiger partial charge in [-0.25, -0.2) is 0 Å². The van der Waals surface area contributed by atoms with E-state index in [1.165, 1.54) is 0 Å². The lowest BCUT2D eigenvalue weighted by molar-refractivity contribution is 0.0666. The second-order valence-electron chi connectivity index (χ2n) is 7.56. The number of benzene rings is 2. The summed E-state index contributed by atoms with van der Waals surface area (Å²) in [6.45, 7) is 5.80. The maximum absolute atomic E-state index is 13.2. The molecule has 0 spiro atoms. The molecule has 2 aromatic rings. The minimum absolute atomic E-state index is 0.120. The number of amides is 1. The third kappa shape index (κ3) is 3.31. The molecule has 1 atom stereocenters. The Kier molecular flexibility index (Phi) is 4.95. The number of aryl methyl sites for hydroxylation is 1. The molecule has 1 aliphatic heterocycles. The van der Waals surface area contributed by atoms with E-state index >= 15 is 0 Å². The van der Waals surface area contributed by atoms with E-state index in [0.717, 1.165) is 54.0 Å². The summed E-state index contributed by atoms with van der Waals surface area (Å²) < 4.78 is 0. The van der Waals surface area contributed by atoms with Gasteiger partial charge in [0, 0.05) is 30.5 Å². The summed E-state index contributed by atoms with van der Waals surface area (Å²) in [6.07, 6.45) is 2.51. The molecule has 0 radical (unpaired) electrons. The highest BCUT2D eigenvalue weighted by Gasteiger charge is 2.42. The van der Waals surface area contributed by atoms with Gasteiger partial charge < -0.3 is 15.1 Å². The number of rotatable bonds is 6. The number of carbonyl (C=O) groups excluding carboxylic acids is 1. The van der Waals surface area contributed by atoms with Gasteiger partial charge in [0.15, 0.2) is 0 Å². The zero-order chi connectivity index (χ0) is 19.7. The van der Waals surface area contributed by atoms with Crippen LogP contribution in [0.15, 0.2) is 42.5 Å². The van der Waals surface area contributed by atoms with Crippen LogP contribution >= 0.6 is 0 Å². The van der Waals surface area contributed by atoms with Gasteiger partial charge in [-0.15, -0.1) is 0 Å². The van der Waals surface area contributed by atoms with E-state index in [4.69, 9.17) is 5.26 Å². The van der Waals surface area contributed by atoms with Gasteiger partial charge in [-0.1, -0.05) is 18.2 Å². The molecule has 1 amide bonds. The van der Waals surface area contributed by atoms with E-state index in [9.17, 15) is 4.79 Å². The molecule has 1 N–H and O–H groups in total. The Hall–Kier alpha value is -3.00. The summed E-state index contributed by atoms with van der Waals surface area (Å²) in [5.74, 6) is 0.120. The van der Waals surface area contributed by atoms with E-state index in [2.05, 4.69) is 48.3 Å². The van der Waals surface area contributed by atoms with Crippen molar-refractivity contribution in [1.82, 2.24) is 4.90 Å². The van der Waals surface area contributed by atoms with Crippen molar-refractivity contribution in [2.45, 2.75) is 45.3 Å². The van der Waals surface area contributed by atoms with Gasteiger partial charge >= 0.3 is 0 Å². The van der Waals surface area contributed by atoms with Crippen molar-refractivity contribution in [3.05, 3.63) is 59.2 Å². The number of carbonyl (C=O) groups is 1. The zero-order valence-corrected chi connectivity index (χ0v) is 16.5. The molecule has 28 heavy (non-hydrogen) atoms. The first-order valence-electron chi connectivity index (χ1n) is 10.0. The molecule has 2 aromatic carbocycles. The Morgan fingerprint density at radius 3 is 2.71 bits per heavy atom. The number of para-hydroxylation sites is 1. The molecule has 0 aromatic heterocycles. The number of nitrogens with one attached hydrogen (secondary N) is 1. The largest absolute Gasteiger partial charge is 0.371 e. The van der Waals surface area contributed by atoms with Crippen molar-refractivity contribution in [2.75, 3.05) is 23.3 Å². The summed E-state index contributed by atoms with van der Waals surface area (Å²) in [5.41, 5.74) is 5.08. The molecule has 1 heterocycles. The molecule has 1 aliphatic carbocycles. The maximum atomic E-state index is 13.2. The molecular weight excluding hydrogens is 348 g/mol. The molecule has 5 nitrogen and oxygen atoms in total. The summed E-state index contributed by atoms with van der Waals surface area (Å²) in [4.78, 5) is 17.4. The van der Waals surface area contributed by atoms with Crippen LogP contribution in [0.2, 0.25) is 0 Å². The van der Waals surface area contributed by atoms with E-state index in [-0.39, 0.29) is 12.1 Å². The lowest BCUT2D eigenvalue weighted by Gasteiger charge is -2.39. The van der Waals surface area contributed by atoms with Crippen LogP contribution in [0.4, 0.5) is 11.4 Å². The standard InChI is InChI=1S/C23H26N4O/c1-3-26(14-6-13-24)18-11-12-19(16(2)15-18)22-25-21-8-5-4-7-20(21)23(28)27(22)17-9-10-17/h4-5,7-8,11-12,15,17,22,25H,3,6,9-10,14H2,1-2H3/t22-/m1/s1. The van der Waals surface area contributed by atoms with Gasteiger partial charge in [-0.05, 0) is 62.1 Å². The third-order valence-electron chi connectivity index (χ3n) is 5.69. The van der Waals surface area contributed by atoms with Crippen LogP contribution in [0.1, 0.15) is 53.8 Å². The first-order valence-corrected chi connectivity index (χ1v) is 10.0. The number of hydrogen-bond acceptors (Lipinski definition) is 4. The highest BCUT2D eigenvalue weighted by molar-refractivity contribution is 6.02. The van der Waals surface area contributed by atoms with E-state index in [0.29, 0.717) is 12.5 Å². The highest BCUT2D eigenvalue weighted by atomic mass is 16.2. The van der Waals surface area contributed by atoms with Crippen LogP contribution in [0, 0.1) is 18.3 Å². The van der Waals surface area contributed by atoms with Crippen molar-refractivity contribution in [3.8, 4) is 6.07 Å². The lowest BCUT2D eigenvalue weighted by atomic mass is 9.99. The van der Waals surface area contributed by atoms with E-state index in [1.54, 1.807) is 0 Å². The summed E-state index contributed by atoms with van der Waals surface area (Å²) in [5, 5.41) is 12.5. The van der Waals surface area contributed by atoms with Crippen LogP contribution in [0.5, 0.6) is 0 Å². The molecule has 1 saturated carbocycles. The molecule has 144 valence electrons. The third-order valence-corrected chi connectivity index (χ3v) is 5.69. The molecule has 0 saturated heterocycles. The Balaban J connectivity index is 1.68. The van der Waals surface area contributed by atoms with Crippen molar-refractivity contribution >= 4 is 17.3 Å². The molecule has 1 fully saturated rings. The van der Waals surface area contributed by atoms with Crippen molar-refractivity contribution < 1.29 is 4.79 Å². The Labute approximate surface area is 166 Å². The number of hydrogen-bond donors (Lipinski definition) is 1. The van der Waals surface area contributed by atoms with Crippen LogP contribution in [-0.2, 0) is 0 Å². The molecule has 0 bridgehead atoms. The minimum atomic E-state index is -0.141. The zero-order valence-electron chi connectivity index (χ0n) is 16.5.